The predicted octanol–water partition coefficient (Wildman–Crippen LogP) is 1.90. The minimum absolute atomic E-state index is 0.0180. The van der Waals surface area contributed by atoms with Crippen molar-refractivity contribution in [2.24, 2.45) is 0 Å². The van der Waals surface area contributed by atoms with Crippen LogP contribution in [-0.2, 0) is 21.4 Å². The van der Waals surface area contributed by atoms with Gasteiger partial charge in [0.05, 0.1) is 11.4 Å². The summed E-state index contributed by atoms with van der Waals surface area (Å²) in [7, 11) is -3.69. The second kappa shape index (κ2) is 10.1. The minimum atomic E-state index is -3.69. The fraction of sp³-hybridized carbons (Fsp3) is 0.300. The molecular formula is C20H24FN3O4S. The number of rotatable bonds is 9. The highest BCUT2D eigenvalue weighted by Crippen LogP contribution is 2.17. The van der Waals surface area contributed by atoms with Crippen molar-refractivity contribution in [1.29, 1.82) is 0 Å². The number of hydrogen-bond acceptors (Lipinski definition) is 4. The van der Waals surface area contributed by atoms with Gasteiger partial charge >= 0.3 is 0 Å². The number of halogens is 1. The summed E-state index contributed by atoms with van der Waals surface area (Å²) in [5.41, 5.74) is 0.732. The Morgan fingerprint density at radius 2 is 1.69 bits per heavy atom. The van der Waals surface area contributed by atoms with Crippen LogP contribution >= 0.6 is 0 Å². The molecule has 0 heterocycles. The second-order valence-corrected chi connectivity index (χ2v) is 8.14. The first-order chi connectivity index (χ1) is 13.8. The number of carbonyl (C=O) groups is 2. The second-order valence-electron chi connectivity index (χ2n) is 6.21. The summed E-state index contributed by atoms with van der Waals surface area (Å²) in [6.45, 7) is 3.95. The van der Waals surface area contributed by atoms with Crippen molar-refractivity contribution in [3.63, 3.8) is 0 Å². The van der Waals surface area contributed by atoms with Crippen LogP contribution in [0.2, 0.25) is 0 Å². The normalized spacial score (nSPS) is 11.3. The lowest BCUT2D eigenvalue weighted by Crippen LogP contribution is -2.36. The van der Waals surface area contributed by atoms with Crippen LogP contribution < -0.4 is 10.6 Å². The summed E-state index contributed by atoms with van der Waals surface area (Å²) in [6.07, 6.45) is 0. The molecule has 0 aliphatic heterocycles. The van der Waals surface area contributed by atoms with Crippen molar-refractivity contribution in [3.8, 4) is 0 Å². The molecule has 0 atom stereocenters. The van der Waals surface area contributed by atoms with Gasteiger partial charge in [-0.05, 0) is 35.9 Å². The van der Waals surface area contributed by atoms with E-state index in [1.165, 1.54) is 46.8 Å². The van der Waals surface area contributed by atoms with Gasteiger partial charge in [0.25, 0.3) is 5.91 Å². The van der Waals surface area contributed by atoms with E-state index in [0.717, 1.165) is 0 Å². The Morgan fingerprint density at radius 1 is 1.00 bits per heavy atom. The third kappa shape index (κ3) is 6.10. The van der Waals surface area contributed by atoms with E-state index < -0.39 is 27.7 Å². The fourth-order valence-electron chi connectivity index (χ4n) is 2.68. The molecular weight excluding hydrogens is 397 g/mol. The van der Waals surface area contributed by atoms with Crippen molar-refractivity contribution in [3.05, 3.63) is 65.5 Å². The van der Waals surface area contributed by atoms with Crippen LogP contribution in [0.4, 0.5) is 4.39 Å². The number of carbonyl (C=O) groups excluding carboxylic acids is 2. The average Bonchev–Trinajstić information content (AvgIpc) is 2.71. The average molecular weight is 421 g/mol. The molecule has 0 aliphatic carbocycles. The van der Waals surface area contributed by atoms with Crippen molar-refractivity contribution < 1.29 is 22.4 Å². The van der Waals surface area contributed by atoms with Gasteiger partial charge < -0.3 is 10.6 Å². The van der Waals surface area contributed by atoms with E-state index >= 15 is 0 Å². The Morgan fingerprint density at radius 3 is 2.34 bits per heavy atom. The van der Waals surface area contributed by atoms with Crippen LogP contribution in [0, 0.1) is 5.82 Å². The zero-order valence-electron chi connectivity index (χ0n) is 16.3. The van der Waals surface area contributed by atoms with E-state index in [-0.39, 0.29) is 23.5 Å². The molecule has 2 aromatic carbocycles. The highest BCUT2D eigenvalue weighted by molar-refractivity contribution is 7.89. The summed E-state index contributed by atoms with van der Waals surface area (Å²) < 4.78 is 39.6. The van der Waals surface area contributed by atoms with E-state index in [9.17, 15) is 22.4 Å². The number of nitrogens with one attached hydrogen (secondary N) is 2. The Labute approximate surface area is 170 Å². The van der Waals surface area contributed by atoms with E-state index in [1.807, 2.05) is 0 Å². The first kappa shape index (κ1) is 22.5. The van der Waals surface area contributed by atoms with Gasteiger partial charge in [-0.15, -0.1) is 0 Å². The monoisotopic (exact) mass is 421 g/mol. The van der Waals surface area contributed by atoms with Crippen LogP contribution in [0.1, 0.15) is 29.8 Å². The van der Waals surface area contributed by atoms with Gasteiger partial charge in [-0.2, -0.15) is 4.31 Å². The Hall–Kier alpha value is -2.78. The number of amides is 2. The molecule has 2 amide bonds. The molecule has 2 rings (SSSR count). The molecule has 7 nitrogen and oxygen atoms in total. The Kier molecular flexibility index (Phi) is 7.86. The van der Waals surface area contributed by atoms with Gasteiger partial charge in [0.1, 0.15) is 5.82 Å². The van der Waals surface area contributed by atoms with Gasteiger partial charge in [-0.25, -0.2) is 12.8 Å². The van der Waals surface area contributed by atoms with E-state index in [2.05, 4.69) is 10.6 Å². The maximum atomic E-state index is 13.1. The maximum Gasteiger partial charge on any atom is 0.251 e. The fourth-order valence-corrected chi connectivity index (χ4v) is 4.19. The summed E-state index contributed by atoms with van der Waals surface area (Å²) in [6, 6.07) is 11.5. The largest absolute Gasteiger partial charge is 0.350 e. The molecule has 2 aromatic rings. The number of benzene rings is 2. The van der Waals surface area contributed by atoms with E-state index in [4.69, 9.17) is 0 Å². The van der Waals surface area contributed by atoms with Crippen molar-refractivity contribution in [2.45, 2.75) is 25.3 Å². The van der Waals surface area contributed by atoms with Crippen molar-refractivity contribution in [1.82, 2.24) is 14.9 Å². The van der Waals surface area contributed by atoms with Gasteiger partial charge in [-0.1, -0.05) is 32.0 Å². The van der Waals surface area contributed by atoms with Crippen LogP contribution in [0.3, 0.4) is 0 Å². The molecule has 0 saturated heterocycles. The topological polar surface area (TPSA) is 95.6 Å². The number of nitrogens with zero attached hydrogens (tertiary/aromatic N) is 1. The lowest BCUT2D eigenvalue weighted by Gasteiger charge is -2.18. The number of sulfonamides is 1. The van der Waals surface area contributed by atoms with Crippen molar-refractivity contribution in [2.75, 3.05) is 19.6 Å². The third-order valence-corrected chi connectivity index (χ3v) is 6.27. The first-order valence-corrected chi connectivity index (χ1v) is 10.6. The van der Waals surface area contributed by atoms with Crippen LogP contribution in [0.15, 0.2) is 53.4 Å². The molecule has 0 saturated carbocycles. The summed E-state index contributed by atoms with van der Waals surface area (Å²) in [5.74, 6) is -1.42. The Bertz CT molecular complexity index is 975. The molecule has 0 aliphatic rings. The third-order valence-electron chi connectivity index (χ3n) is 4.23. The van der Waals surface area contributed by atoms with Gasteiger partial charge in [0, 0.05) is 25.2 Å². The van der Waals surface area contributed by atoms with Crippen LogP contribution in [0.25, 0.3) is 0 Å². The lowest BCUT2D eigenvalue weighted by atomic mass is 10.2. The highest BCUT2D eigenvalue weighted by Gasteiger charge is 2.22. The molecule has 0 radical (unpaired) electrons. The zero-order valence-corrected chi connectivity index (χ0v) is 17.1. The van der Waals surface area contributed by atoms with E-state index in [1.54, 1.807) is 19.9 Å². The predicted molar refractivity (Wildman–Crippen MR) is 107 cm³/mol. The quantitative estimate of drug-likeness (QED) is 0.647. The summed E-state index contributed by atoms with van der Waals surface area (Å²) >= 11 is 0. The molecule has 0 bridgehead atoms. The van der Waals surface area contributed by atoms with Crippen LogP contribution in [0.5, 0.6) is 0 Å². The molecule has 29 heavy (non-hydrogen) atoms. The first-order valence-electron chi connectivity index (χ1n) is 9.17. The van der Waals surface area contributed by atoms with Crippen LogP contribution in [-0.4, -0.2) is 44.2 Å². The van der Waals surface area contributed by atoms with Crippen molar-refractivity contribution >= 4 is 21.8 Å². The smallest absolute Gasteiger partial charge is 0.251 e. The van der Waals surface area contributed by atoms with E-state index in [0.29, 0.717) is 18.7 Å². The molecule has 9 heteroatoms. The lowest BCUT2D eigenvalue weighted by molar-refractivity contribution is -0.120. The van der Waals surface area contributed by atoms with Gasteiger partial charge in [0.2, 0.25) is 15.9 Å². The Balaban J connectivity index is 1.96. The number of hydrogen-bond donors (Lipinski definition) is 2. The molecule has 0 fully saturated rings. The minimum Gasteiger partial charge on any atom is -0.350 e. The van der Waals surface area contributed by atoms with Gasteiger partial charge in [0.15, 0.2) is 0 Å². The SMILES string of the molecule is CCN(CC)S(=O)(=O)c1cccc(C(=O)NCC(=O)NCc2cccc(F)c2)c1. The zero-order chi connectivity index (χ0) is 21.4. The summed E-state index contributed by atoms with van der Waals surface area (Å²) in [5, 5.41) is 5.02. The molecule has 2 N–H and O–H groups in total. The molecule has 0 spiro atoms. The maximum absolute atomic E-state index is 13.1. The summed E-state index contributed by atoms with van der Waals surface area (Å²) in [4.78, 5) is 24.2. The molecule has 0 unspecified atom stereocenters. The molecule has 0 aromatic heterocycles. The standard InChI is InChI=1S/C20H24FN3O4S/c1-3-24(4-2)29(27,28)18-10-6-8-16(12-18)20(26)23-14-19(25)22-13-15-7-5-9-17(21)11-15/h5-12H,3-4,13-14H2,1-2H3,(H,22,25)(H,23,26). The highest BCUT2D eigenvalue weighted by atomic mass is 32.2. The molecule has 156 valence electrons. The van der Waals surface area contributed by atoms with Gasteiger partial charge in [-0.3, -0.25) is 9.59 Å².